The molecule has 8 heteroatoms. The van der Waals surface area contributed by atoms with Gasteiger partial charge >= 0.3 is 0 Å². The van der Waals surface area contributed by atoms with Crippen LogP contribution in [0.3, 0.4) is 0 Å². The van der Waals surface area contributed by atoms with Crippen molar-refractivity contribution in [1.29, 1.82) is 5.26 Å². The number of aliphatic hydroxyl groups excluding tert-OH is 1. The van der Waals surface area contributed by atoms with Gasteiger partial charge in [0, 0.05) is 53.7 Å². The fourth-order valence-electron chi connectivity index (χ4n) is 6.33. The summed E-state index contributed by atoms with van der Waals surface area (Å²) in [4.78, 5) is 6.10. The van der Waals surface area contributed by atoms with Crippen molar-refractivity contribution in [2.24, 2.45) is 0 Å². The van der Waals surface area contributed by atoms with E-state index in [0.29, 0.717) is 47.8 Å². The predicted octanol–water partition coefficient (Wildman–Crippen LogP) is 7.17. The molecule has 1 saturated heterocycles. The Labute approximate surface area is 255 Å². The van der Waals surface area contributed by atoms with E-state index >= 15 is 0 Å². The Bertz CT molecular complexity index is 1670. The molecule has 220 valence electrons. The molecule has 1 aliphatic carbocycles. The first-order chi connectivity index (χ1) is 20.9. The third-order valence-electron chi connectivity index (χ3n) is 8.56. The zero-order chi connectivity index (χ0) is 29.9. The molecule has 0 bridgehead atoms. The summed E-state index contributed by atoms with van der Waals surface area (Å²) in [6.45, 7) is 1.34. The molecule has 2 aliphatic rings. The monoisotopic (exact) mass is 599 g/mol. The minimum atomic E-state index is -1.30. The van der Waals surface area contributed by atoms with Crippen LogP contribution in [-0.2, 0) is 26.0 Å². The molecule has 3 atom stereocenters. The van der Waals surface area contributed by atoms with Crippen molar-refractivity contribution >= 4 is 11.6 Å². The van der Waals surface area contributed by atoms with E-state index in [0.717, 1.165) is 35.1 Å². The van der Waals surface area contributed by atoms with Crippen molar-refractivity contribution in [1.82, 2.24) is 9.88 Å². The van der Waals surface area contributed by atoms with Gasteiger partial charge in [0.2, 0.25) is 0 Å². The highest BCUT2D eigenvalue weighted by Gasteiger charge is 2.29. The fourth-order valence-corrected chi connectivity index (χ4v) is 6.59. The van der Waals surface area contributed by atoms with Gasteiger partial charge in [-0.3, -0.25) is 9.88 Å². The van der Waals surface area contributed by atoms with Crippen LogP contribution in [0.15, 0.2) is 73.1 Å². The Morgan fingerprint density at radius 2 is 1.88 bits per heavy atom. The molecule has 1 N–H and O–H groups in total. The number of aromatic nitrogens is 1. The summed E-state index contributed by atoms with van der Waals surface area (Å²) in [6.07, 6.45) is 3.77. The van der Waals surface area contributed by atoms with Crippen LogP contribution in [0.4, 0.5) is 8.78 Å². The van der Waals surface area contributed by atoms with Crippen molar-refractivity contribution in [2.45, 2.75) is 57.0 Å². The predicted molar refractivity (Wildman–Crippen MR) is 162 cm³/mol. The maximum absolute atomic E-state index is 14.7. The van der Waals surface area contributed by atoms with Crippen LogP contribution in [0.1, 0.15) is 52.1 Å². The molecule has 2 unspecified atom stereocenters. The average molecular weight is 600 g/mol. The maximum atomic E-state index is 14.7. The molecule has 1 fully saturated rings. The lowest BCUT2D eigenvalue weighted by atomic mass is 9.90. The number of ether oxygens (including phenoxy) is 1. The van der Waals surface area contributed by atoms with E-state index in [-0.39, 0.29) is 24.9 Å². The normalized spacial score (nSPS) is 20.0. The summed E-state index contributed by atoms with van der Waals surface area (Å²) < 4.78 is 35.3. The van der Waals surface area contributed by atoms with E-state index in [1.54, 1.807) is 18.3 Å². The highest BCUT2D eigenvalue weighted by molar-refractivity contribution is 6.31. The zero-order valence-corrected chi connectivity index (χ0v) is 24.4. The number of hydrogen-bond donors (Lipinski definition) is 1. The van der Waals surface area contributed by atoms with Crippen LogP contribution in [0, 0.1) is 17.1 Å². The lowest BCUT2D eigenvalue weighted by molar-refractivity contribution is 0.00369. The van der Waals surface area contributed by atoms with Crippen molar-refractivity contribution in [2.75, 3.05) is 13.1 Å². The van der Waals surface area contributed by atoms with Crippen LogP contribution in [0.25, 0.3) is 11.1 Å². The van der Waals surface area contributed by atoms with Gasteiger partial charge in [-0.15, -0.1) is 0 Å². The lowest BCUT2D eigenvalue weighted by Gasteiger charge is -2.32. The Morgan fingerprint density at radius 1 is 1.05 bits per heavy atom. The highest BCUT2D eigenvalue weighted by Crippen LogP contribution is 2.42. The Balaban J connectivity index is 1.28. The number of nitrogens with zero attached hydrogens (tertiary/aromatic N) is 3. The number of halogens is 3. The maximum Gasteiger partial charge on any atom is 0.139 e. The minimum absolute atomic E-state index is 0.136. The quantitative estimate of drug-likeness (QED) is 0.233. The molecule has 6 rings (SSSR count). The number of alkyl halides is 1. The SMILES string of the molecule is N#Cc1cncc(COc2cc(C[C@H]3CCc4c(-c5ccccc5F)cccc43)c(Cl)cc2CN2CCC(O)C(F)C2)c1. The Hall–Kier alpha value is -3.83. The Morgan fingerprint density at radius 3 is 2.70 bits per heavy atom. The van der Waals surface area contributed by atoms with Crippen LogP contribution in [-0.4, -0.2) is 40.4 Å². The molecule has 0 amide bonds. The molecule has 5 nitrogen and oxygen atoms in total. The number of rotatable bonds is 8. The minimum Gasteiger partial charge on any atom is -0.489 e. The first-order valence-corrected chi connectivity index (χ1v) is 15.0. The first kappa shape index (κ1) is 29.3. The summed E-state index contributed by atoms with van der Waals surface area (Å²) in [5, 5.41) is 19.7. The van der Waals surface area contributed by atoms with E-state index in [4.69, 9.17) is 16.3 Å². The van der Waals surface area contributed by atoms with E-state index in [2.05, 4.69) is 17.1 Å². The third-order valence-corrected chi connectivity index (χ3v) is 8.91. The largest absolute Gasteiger partial charge is 0.489 e. The second kappa shape index (κ2) is 12.8. The second-order valence-corrected chi connectivity index (χ2v) is 11.8. The van der Waals surface area contributed by atoms with E-state index in [1.807, 2.05) is 41.3 Å². The standard InChI is InChI=1S/C35H32ClF2N3O2/c36-31-14-26(19-41-11-10-34(42)33(38)20-41)35(43-21-23-12-22(16-39)17-40-18-23)15-25(31)13-24-8-9-29-27(24)5-3-6-28(29)30-4-1-2-7-32(30)37/h1-7,12,14-15,17-18,24,33-34,42H,8-11,13,19-21H2/t24-,33?,34?/m1/s1. The van der Waals surface area contributed by atoms with Gasteiger partial charge in [-0.25, -0.2) is 8.78 Å². The Kier molecular flexibility index (Phi) is 8.71. The average Bonchev–Trinajstić information content (AvgIpc) is 3.43. The van der Waals surface area contributed by atoms with Crippen LogP contribution >= 0.6 is 11.6 Å². The summed E-state index contributed by atoms with van der Waals surface area (Å²) in [7, 11) is 0. The van der Waals surface area contributed by atoms with Gasteiger partial charge in [-0.05, 0) is 78.1 Å². The number of benzene rings is 3. The number of likely N-dealkylation sites (tertiary alicyclic amines) is 1. The summed E-state index contributed by atoms with van der Waals surface area (Å²) in [5.74, 6) is 0.629. The van der Waals surface area contributed by atoms with Crippen molar-refractivity contribution in [3.05, 3.63) is 117 Å². The zero-order valence-electron chi connectivity index (χ0n) is 23.6. The molecular weight excluding hydrogens is 568 g/mol. The van der Waals surface area contributed by atoms with Crippen LogP contribution in [0.5, 0.6) is 5.75 Å². The van der Waals surface area contributed by atoms with E-state index in [1.165, 1.54) is 23.4 Å². The fraction of sp³-hybridized carbons (Fsp3) is 0.314. The van der Waals surface area contributed by atoms with E-state index < -0.39 is 12.3 Å². The molecule has 3 aromatic carbocycles. The smallest absolute Gasteiger partial charge is 0.139 e. The van der Waals surface area contributed by atoms with Gasteiger partial charge in [0.1, 0.15) is 30.4 Å². The number of aliphatic hydroxyl groups is 1. The molecule has 0 saturated carbocycles. The summed E-state index contributed by atoms with van der Waals surface area (Å²) >= 11 is 6.90. The van der Waals surface area contributed by atoms with Gasteiger partial charge in [0.05, 0.1) is 11.7 Å². The van der Waals surface area contributed by atoms with Gasteiger partial charge in [-0.1, -0.05) is 48.0 Å². The van der Waals surface area contributed by atoms with Crippen LogP contribution < -0.4 is 4.74 Å². The number of nitriles is 1. The van der Waals surface area contributed by atoms with Crippen molar-refractivity contribution in [3.8, 4) is 22.9 Å². The van der Waals surface area contributed by atoms with Gasteiger partial charge in [0.25, 0.3) is 0 Å². The van der Waals surface area contributed by atoms with Crippen molar-refractivity contribution < 1.29 is 18.6 Å². The van der Waals surface area contributed by atoms with Gasteiger partial charge in [-0.2, -0.15) is 5.26 Å². The number of piperidine rings is 1. The molecule has 4 aromatic rings. The first-order valence-electron chi connectivity index (χ1n) is 14.6. The van der Waals surface area contributed by atoms with E-state index in [9.17, 15) is 19.1 Å². The molecule has 1 aliphatic heterocycles. The van der Waals surface area contributed by atoms with Gasteiger partial charge in [0.15, 0.2) is 0 Å². The summed E-state index contributed by atoms with van der Waals surface area (Å²) in [5.41, 5.74) is 6.93. The molecule has 2 heterocycles. The molecule has 0 spiro atoms. The van der Waals surface area contributed by atoms with Crippen LogP contribution in [0.2, 0.25) is 5.02 Å². The number of pyridine rings is 1. The highest BCUT2D eigenvalue weighted by atomic mass is 35.5. The second-order valence-electron chi connectivity index (χ2n) is 11.4. The molecular formula is C35H32ClF2N3O2. The lowest BCUT2D eigenvalue weighted by Crippen LogP contribution is -2.44. The van der Waals surface area contributed by atoms with Gasteiger partial charge < -0.3 is 9.84 Å². The topological polar surface area (TPSA) is 69.4 Å². The number of hydrogen-bond acceptors (Lipinski definition) is 5. The third kappa shape index (κ3) is 6.42. The number of fused-ring (bicyclic) bond motifs is 1. The molecule has 43 heavy (non-hydrogen) atoms. The molecule has 1 aromatic heterocycles. The molecule has 0 radical (unpaired) electrons. The van der Waals surface area contributed by atoms with Crippen molar-refractivity contribution in [3.63, 3.8) is 0 Å². The summed E-state index contributed by atoms with van der Waals surface area (Å²) in [6, 6.07) is 20.7.